The van der Waals surface area contributed by atoms with Gasteiger partial charge in [0.2, 0.25) is 0 Å². The summed E-state index contributed by atoms with van der Waals surface area (Å²) in [5.41, 5.74) is 3.71. The number of hydrogen-bond acceptors (Lipinski definition) is 7. The Balaban J connectivity index is 0.994. The number of aromatic amines is 1. The van der Waals surface area contributed by atoms with Gasteiger partial charge in [-0.05, 0) is 86.1 Å². The molecule has 2 atom stereocenters. The van der Waals surface area contributed by atoms with Crippen molar-refractivity contribution in [3.05, 3.63) is 59.8 Å². The summed E-state index contributed by atoms with van der Waals surface area (Å²) in [6.07, 6.45) is 5.33. The zero-order valence-corrected chi connectivity index (χ0v) is 29.9. The molecule has 2 aromatic carbocycles. The van der Waals surface area contributed by atoms with Crippen LogP contribution in [-0.4, -0.2) is 114 Å². The van der Waals surface area contributed by atoms with Crippen molar-refractivity contribution < 1.29 is 27.5 Å². The number of carbonyl (C=O) groups is 3. The lowest BCUT2D eigenvalue weighted by atomic mass is 9.79. The number of nitrogens with one attached hydrogen (secondary N) is 2. The lowest BCUT2D eigenvalue weighted by Crippen LogP contribution is -2.52. The maximum atomic E-state index is 14.3. The van der Waals surface area contributed by atoms with Gasteiger partial charge in [0.25, 0.3) is 16.1 Å². The molecule has 4 aliphatic heterocycles. The SMILES string of the molecule is C[C@H](c1ccc2[nH]ncc2c1)C(OC(=O)N1CCC(N2CCc3ccccc3NC2=O)CC1)C(=O)N1CCC(C2CCN(S(N)(=O)=O)CC2)CC1. The summed E-state index contributed by atoms with van der Waals surface area (Å²) in [7, 11) is -3.68. The van der Waals surface area contributed by atoms with Crippen LogP contribution in [0.25, 0.3) is 10.9 Å². The summed E-state index contributed by atoms with van der Waals surface area (Å²) in [6, 6.07) is 13.6. The number of amides is 4. The standard InChI is InChI=1S/C36H48N8O6S/c1-24(28-6-7-32-29(22-28)23-38-40-32)33(34(45)41-15-8-25(9-16-41)26-10-19-43(20-11-26)51(37,48)49)50-36(47)42-17-13-30(14-18-42)44-21-12-27-4-2-3-5-31(27)39-35(44)46/h2-7,22-26,30,33H,8-21H2,1H3,(H,38,40)(H,39,46)(H2,37,48,49)/t24-,33?/m1/s1. The number of anilines is 1. The molecule has 3 aromatic rings. The number of likely N-dealkylation sites (tertiary alicyclic amines) is 2. The smallest absolute Gasteiger partial charge is 0.410 e. The highest BCUT2D eigenvalue weighted by Gasteiger charge is 2.39. The maximum absolute atomic E-state index is 14.3. The second kappa shape index (κ2) is 14.8. The fourth-order valence-electron chi connectivity index (χ4n) is 8.44. The number of ether oxygens (including phenoxy) is 1. The van der Waals surface area contributed by atoms with Crippen molar-refractivity contribution in [2.75, 3.05) is 51.1 Å². The molecule has 4 aliphatic rings. The Morgan fingerprint density at radius 1 is 0.902 bits per heavy atom. The molecule has 15 heteroatoms. The van der Waals surface area contributed by atoms with Crippen molar-refractivity contribution in [3.63, 3.8) is 0 Å². The molecule has 0 bridgehead atoms. The normalized spacial score (nSPS) is 21.5. The molecule has 51 heavy (non-hydrogen) atoms. The molecule has 5 heterocycles. The molecule has 1 aromatic heterocycles. The molecule has 0 spiro atoms. The van der Waals surface area contributed by atoms with Crippen LogP contribution in [0.5, 0.6) is 0 Å². The minimum atomic E-state index is -3.68. The molecule has 0 aliphatic carbocycles. The van der Waals surface area contributed by atoms with Gasteiger partial charge in [0.1, 0.15) is 0 Å². The van der Waals surface area contributed by atoms with Crippen LogP contribution in [0.15, 0.2) is 48.7 Å². The van der Waals surface area contributed by atoms with Crippen LogP contribution >= 0.6 is 0 Å². The second-order valence-corrected chi connectivity index (χ2v) is 16.0. The fraction of sp³-hybridized carbons (Fsp3) is 0.556. The number of hydrogen-bond donors (Lipinski definition) is 3. The van der Waals surface area contributed by atoms with Gasteiger partial charge in [0.15, 0.2) is 6.10 Å². The number of carbonyl (C=O) groups excluding carboxylic acids is 3. The van der Waals surface area contributed by atoms with Crippen LogP contribution in [0.2, 0.25) is 0 Å². The van der Waals surface area contributed by atoms with Crippen LogP contribution in [0.1, 0.15) is 62.5 Å². The first-order valence-electron chi connectivity index (χ1n) is 18.2. The number of urea groups is 1. The molecule has 4 N–H and O–H groups in total. The van der Waals surface area contributed by atoms with Gasteiger partial charge < -0.3 is 24.8 Å². The molecule has 7 rings (SSSR count). The molecular weight excluding hydrogens is 673 g/mol. The van der Waals surface area contributed by atoms with Gasteiger partial charge in [-0.1, -0.05) is 31.2 Å². The first kappa shape index (κ1) is 35.2. The quantitative estimate of drug-likeness (QED) is 0.332. The van der Waals surface area contributed by atoms with Gasteiger partial charge in [-0.25, -0.2) is 14.7 Å². The number of aromatic nitrogens is 2. The number of benzene rings is 2. The van der Waals surface area contributed by atoms with Crippen molar-refractivity contribution in [1.82, 2.24) is 29.2 Å². The Hall–Kier alpha value is -4.21. The van der Waals surface area contributed by atoms with Gasteiger partial charge in [-0.3, -0.25) is 9.89 Å². The Bertz CT molecular complexity index is 1840. The largest absolute Gasteiger partial charge is 0.435 e. The van der Waals surface area contributed by atoms with Crippen molar-refractivity contribution >= 4 is 44.8 Å². The summed E-state index contributed by atoms with van der Waals surface area (Å²) in [5.74, 6) is 0.149. The molecule has 3 saturated heterocycles. The van der Waals surface area contributed by atoms with Crippen molar-refractivity contribution in [1.29, 1.82) is 0 Å². The van der Waals surface area contributed by atoms with E-state index in [1.165, 1.54) is 4.31 Å². The highest BCUT2D eigenvalue weighted by Crippen LogP contribution is 2.35. The molecule has 274 valence electrons. The highest BCUT2D eigenvalue weighted by molar-refractivity contribution is 7.86. The van der Waals surface area contributed by atoms with Gasteiger partial charge in [-0.2, -0.15) is 17.8 Å². The van der Waals surface area contributed by atoms with Crippen LogP contribution in [-0.2, 0) is 26.2 Å². The summed E-state index contributed by atoms with van der Waals surface area (Å²) < 4.78 is 31.1. The van der Waals surface area contributed by atoms with Crippen LogP contribution in [0.4, 0.5) is 15.3 Å². The Kier molecular flexibility index (Phi) is 10.2. The Morgan fingerprint density at radius 2 is 1.57 bits per heavy atom. The van der Waals surface area contributed by atoms with Gasteiger partial charge in [0, 0.05) is 68.8 Å². The lowest BCUT2D eigenvalue weighted by molar-refractivity contribution is -0.143. The van der Waals surface area contributed by atoms with Gasteiger partial charge >= 0.3 is 12.1 Å². The summed E-state index contributed by atoms with van der Waals surface area (Å²) >= 11 is 0. The van der Waals surface area contributed by atoms with Crippen molar-refractivity contribution in [2.24, 2.45) is 17.0 Å². The van der Waals surface area contributed by atoms with E-state index in [1.54, 1.807) is 11.1 Å². The van der Waals surface area contributed by atoms with E-state index in [0.717, 1.165) is 59.8 Å². The molecule has 1 unspecified atom stereocenters. The summed E-state index contributed by atoms with van der Waals surface area (Å²) in [4.78, 5) is 46.6. The third-order valence-electron chi connectivity index (χ3n) is 11.6. The van der Waals surface area contributed by atoms with E-state index < -0.39 is 28.3 Å². The number of nitrogens with two attached hydrogens (primary N) is 1. The topological polar surface area (TPSA) is 174 Å². The first-order valence-corrected chi connectivity index (χ1v) is 19.7. The van der Waals surface area contributed by atoms with E-state index >= 15 is 0 Å². The van der Waals surface area contributed by atoms with Crippen LogP contribution in [0, 0.1) is 11.8 Å². The zero-order chi connectivity index (χ0) is 35.7. The third-order valence-corrected chi connectivity index (χ3v) is 12.7. The predicted molar refractivity (Wildman–Crippen MR) is 192 cm³/mol. The molecule has 14 nitrogen and oxygen atoms in total. The lowest BCUT2D eigenvalue weighted by Gasteiger charge is -2.41. The van der Waals surface area contributed by atoms with Crippen LogP contribution in [0.3, 0.4) is 0 Å². The summed E-state index contributed by atoms with van der Waals surface area (Å²) in [6.45, 7) is 5.33. The Labute approximate surface area is 298 Å². The molecular formula is C36H48N8O6S. The van der Waals surface area contributed by atoms with E-state index in [4.69, 9.17) is 9.88 Å². The number of fused-ring (bicyclic) bond motifs is 2. The minimum Gasteiger partial charge on any atom is -0.435 e. The van der Waals surface area contributed by atoms with Gasteiger partial charge in [0.05, 0.1) is 11.7 Å². The fourth-order valence-corrected chi connectivity index (χ4v) is 9.16. The first-order chi connectivity index (χ1) is 24.5. The average molecular weight is 721 g/mol. The minimum absolute atomic E-state index is 0.00496. The number of piperidine rings is 3. The third kappa shape index (κ3) is 7.70. The molecule has 0 saturated carbocycles. The van der Waals surface area contributed by atoms with Crippen LogP contribution < -0.4 is 10.5 Å². The van der Waals surface area contributed by atoms with E-state index in [0.29, 0.717) is 70.5 Å². The van der Waals surface area contributed by atoms with E-state index in [9.17, 15) is 22.8 Å². The van der Waals surface area contributed by atoms with Crippen molar-refractivity contribution in [2.45, 2.75) is 69.9 Å². The zero-order valence-electron chi connectivity index (χ0n) is 29.1. The van der Waals surface area contributed by atoms with Gasteiger partial charge in [-0.15, -0.1) is 0 Å². The molecule has 4 amide bonds. The monoisotopic (exact) mass is 720 g/mol. The van der Waals surface area contributed by atoms with E-state index in [2.05, 4.69) is 15.5 Å². The summed E-state index contributed by atoms with van der Waals surface area (Å²) in [5, 5.41) is 16.4. The maximum Gasteiger partial charge on any atom is 0.410 e. The van der Waals surface area contributed by atoms with E-state index in [1.807, 2.05) is 59.2 Å². The number of para-hydroxylation sites is 1. The average Bonchev–Trinajstić information content (AvgIpc) is 3.55. The Morgan fingerprint density at radius 3 is 2.27 bits per heavy atom. The van der Waals surface area contributed by atoms with Crippen molar-refractivity contribution in [3.8, 4) is 0 Å². The number of rotatable bonds is 7. The number of nitrogens with zero attached hydrogens (tertiary/aromatic N) is 5. The highest BCUT2D eigenvalue weighted by atomic mass is 32.2. The predicted octanol–water partition coefficient (Wildman–Crippen LogP) is 3.88. The molecule has 3 fully saturated rings. The number of H-pyrrole nitrogens is 1. The second-order valence-electron chi connectivity index (χ2n) is 14.5. The molecule has 0 radical (unpaired) electrons. The van der Waals surface area contributed by atoms with E-state index in [-0.39, 0.29) is 18.0 Å².